The van der Waals surface area contributed by atoms with Gasteiger partial charge in [0.25, 0.3) is 5.91 Å². The standard InChI is InChI=1S/C19H14ClN3O2/c20-11-5-7-12(8-6-11)23-18(24)17-9-14-13-3-1-2-4-15(13)21-16(14)10-22(17)19(23)25/h1-8,17,21H,9-10H2. The highest BCUT2D eigenvalue weighted by atomic mass is 35.5. The summed E-state index contributed by atoms with van der Waals surface area (Å²) in [6.45, 7) is 0.420. The van der Waals surface area contributed by atoms with E-state index in [1.54, 1.807) is 29.2 Å². The number of urea groups is 1. The van der Waals surface area contributed by atoms with Gasteiger partial charge in [-0.2, -0.15) is 0 Å². The summed E-state index contributed by atoms with van der Waals surface area (Å²) < 4.78 is 0. The first-order valence-electron chi connectivity index (χ1n) is 8.12. The van der Waals surface area contributed by atoms with Crippen LogP contribution in [0.15, 0.2) is 48.5 Å². The van der Waals surface area contributed by atoms with Crippen LogP contribution < -0.4 is 4.90 Å². The molecule has 124 valence electrons. The number of anilines is 1. The van der Waals surface area contributed by atoms with Crippen molar-refractivity contribution in [3.63, 3.8) is 0 Å². The van der Waals surface area contributed by atoms with Crippen LogP contribution in [0.25, 0.3) is 10.9 Å². The SMILES string of the molecule is O=C1C2Cc3c([nH]c4ccccc34)CN2C(=O)N1c1ccc(Cl)cc1. The average Bonchev–Trinajstić information content (AvgIpc) is 3.10. The summed E-state index contributed by atoms with van der Waals surface area (Å²) >= 11 is 5.91. The van der Waals surface area contributed by atoms with E-state index in [2.05, 4.69) is 11.1 Å². The van der Waals surface area contributed by atoms with Gasteiger partial charge in [0.15, 0.2) is 0 Å². The van der Waals surface area contributed by atoms with Crippen molar-refractivity contribution in [1.82, 2.24) is 9.88 Å². The second-order valence-electron chi connectivity index (χ2n) is 6.41. The summed E-state index contributed by atoms with van der Waals surface area (Å²) in [5.74, 6) is -0.178. The van der Waals surface area contributed by atoms with Crippen LogP contribution in [0.1, 0.15) is 11.3 Å². The summed E-state index contributed by atoms with van der Waals surface area (Å²) in [6.07, 6.45) is 0.536. The fourth-order valence-corrected chi connectivity index (χ4v) is 3.96. The number of fused-ring (bicyclic) bond motifs is 4. The first kappa shape index (κ1) is 14.5. The van der Waals surface area contributed by atoms with Crippen molar-refractivity contribution >= 4 is 40.1 Å². The van der Waals surface area contributed by atoms with E-state index in [9.17, 15) is 9.59 Å². The smallest absolute Gasteiger partial charge is 0.332 e. The van der Waals surface area contributed by atoms with Gasteiger partial charge in [-0.1, -0.05) is 29.8 Å². The number of aromatic nitrogens is 1. The highest BCUT2D eigenvalue weighted by Crippen LogP contribution is 2.36. The number of para-hydroxylation sites is 1. The molecule has 0 aliphatic carbocycles. The van der Waals surface area contributed by atoms with Crippen molar-refractivity contribution in [3.05, 3.63) is 64.8 Å². The molecule has 5 nitrogen and oxygen atoms in total. The van der Waals surface area contributed by atoms with Crippen LogP contribution in [0.3, 0.4) is 0 Å². The van der Waals surface area contributed by atoms with Gasteiger partial charge in [-0.25, -0.2) is 9.69 Å². The Balaban J connectivity index is 1.55. The number of carbonyl (C=O) groups excluding carboxylic acids is 2. The quantitative estimate of drug-likeness (QED) is 0.679. The molecule has 6 heteroatoms. The van der Waals surface area contributed by atoms with Gasteiger partial charge >= 0.3 is 6.03 Å². The van der Waals surface area contributed by atoms with E-state index in [1.807, 2.05) is 18.2 Å². The van der Waals surface area contributed by atoms with Crippen molar-refractivity contribution in [2.75, 3.05) is 4.90 Å². The molecule has 25 heavy (non-hydrogen) atoms. The Hall–Kier alpha value is -2.79. The molecule has 1 unspecified atom stereocenters. The lowest BCUT2D eigenvalue weighted by Crippen LogP contribution is -2.39. The number of imide groups is 1. The van der Waals surface area contributed by atoms with Crippen LogP contribution in [0.5, 0.6) is 0 Å². The molecule has 2 aromatic carbocycles. The van der Waals surface area contributed by atoms with Crippen LogP contribution in [0.4, 0.5) is 10.5 Å². The van der Waals surface area contributed by atoms with Crippen LogP contribution in [0, 0.1) is 0 Å². The highest BCUT2D eigenvalue weighted by molar-refractivity contribution is 6.30. The lowest BCUT2D eigenvalue weighted by atomic mass is 9.97. The molecule has 1 fully saturated rings. The topological polar surface area (TPSA) is 56.4 Å². The average molecular weight is 352 g/mol. The minimum atomic E-state index is -0.449. The maximum absolute atomic E-state index is 12.9. The largest absolute Gasteiger partial charge is 0.357 e. The van der Waals surface area contributed by atoms with Gasteiger partial charge in [0.2, 0.25) is 0 Å². The fourth-order valence-electron chi connectivity index (χ4n) is 3.83. The third-order valence-corrected chi connectivity index (χ3v) is 5.28. The van der Waals surface area contributed by atoms with Crippen molar-refractivity contribution in [2.45, 2.75) is 19.0 Å². The number of halogens is 1. The number of H-pyrrole nitrogens is 1. The number of carbonyl (C=O) groups is 2. The Bertz CT molecular complexity index is 1020. The Morgan fingerprint density at radius 3 is 2.60 bits per heavy atom. The van der Waals surface area contributed by atoms with Crippen molar-refractivity contribution < 1.29 is 9.59 Å². The predicted molar refractivity (Wildman–Crippen MR) is 95.7 cm³/mol. The number of amides is 3. The zero-order valence-electron chi connectivity index (χ0n) is 13.2. The maximum Gasteiger partial charge on any atom is 0.332 e. The van der Waals surface area contributed by atoms with E-state index >= 15 is 0 Å². The minimum Gasteiger partial charge on any atom is -0.357 e. The Kier molecular flexibility index (Phi) is 2.97. The van der Waals surface area contributed by atoms with Crippen LogP contribution >= 0.6 is 11.6 Å². The molecule has 0 saturated carbocycles. The Morgan fingerprint density at radius 1 is 1.04 bits per heavy atom. The number of nitrogens with zero attached hydrogens (tertiary/aromatic N) is 2. The molecule has 1 saturated heterocycles. The van der Waals surface area contributed by atoms with Crippen molar-refractivity contribution in [2.24, 2.45) is 0 Å². The van der Waals surface area contributed by atoms with E-state index in [4.69, 9.17) is 11.6 Å². The van der Waals surface area contributed by atoms with E-state index in [0.29, 0.717) is 23.7 Å². The molecule has 3 aromatic rings. The first-order valence-corrected chi connectivity index (χ1v) is 8.50. The summed E-state index contributed by atoms with van der Waals surface area (Å²) in [5.41, 5.74) is 3.75. The molecular weight excluding hydrogens is 338 g/mol. The number of nitrogens with one attached hydrogen (secondary N) is 1. The molecule has 1 atom stereocenters. The molecule has 2 aliphatic heterocycles. The van der Waals surface area contributed by atoms with E-state index in [-0.39, 0.29) is 11.9 Å². The fraction of sp³-hybridized carbons (Fsp3) is 0.158. The zero-order valence-corrected chi connectivity index (χ0v) is 14.0. The third kappa shape index (κ3) is 2.02. The molecule has 2 aliphatic rings. The van der Waals surface area contributed by atoms with Crippen LogP contribution in [-0.2, 0) is 17.8 Å². The minimum absolute atomic E-state index is 0.178. The molecule has 1 aromatic heterocycles. The normalized spacial score (nSPS) is 19.5. The van der Waals surface area contributed by atoms with Gasteiger partial charge in [-0.3, -0.25) is 4.79 Å². The lowest BCUT2D eigenvalue weighted by molar-refractivity contribution is -0.119. The zero-order chi connectivity index (χ0) is 17.1. The molecule has 1 N–H and O–H groups in total. The molecule has 0 radical (unpaired) electrons. The predicted octanol–water partition coefficient (Wildman–Crippen LogP) is 3.71. The maximum atomic E-state index is 12.9. The van der Waals surface area contributed by atoms with Gasteiger partial charge < -0.3 is 9.88 Å². The van der Waals surface area contributed by atoms with Gasteiger partial charge in [-0.15, -0.1) is 0 Å². The molecule has 3 amide bonds. The number of benzene rings is 2. The number of aromatic amines is 1. The van der Waals surface area contributed by atoms with E-state index < -0.39 is 6.04 Å². The first-order chi connectivity index (χ1) is 12.1. The summed E-state index contributed by atoms with van der Waals surface area (Å²) in [5, 5.41) is 1.70. The van der Waals surface area contributed by atoms with Gasteiger partial charge in [0.05, 0.1) is 12.2 Å². The van der Waals surface area contributed by atoms with E-state index in [0.717, 1.165) is 22.2 Å². The number of hydrogen-bond donors (Lipinski definition) is 1. The summed E-state index contributed by atoms with van der Waals surface area (Å²) in [6, 6.07) is 14.1. The summed E-state index contributed by atoms with van der Waals surface area (Å²) in [4.78, 5) is 32.1. The van der Waals surface area contributed by atoms with Gasteiger partial charge in [0.1, 0.15) is 6.04 Å². The molecule has 3 heterocycles. The monoisotopic (exact) mass is 351 g/mol. The molecular formula is C19H14ClN3O2. The highest BCUT2D eigenvalue weighted by Gasteiger charge is 2.48. The van der Waals surface area contributed by atoms with Crippen molar-refractivity contribution in [1.29, 1.82) is 0 Å². The third-order valence-electron chi connectivity index (χ3n) is 5.03. The molecule has 0 spiro atoms. The number of hydrogen-bond acceptors (Lipinski definition) is 2. The second-order valence-corrected chi connectivity index (χ2v) is 6.84. The lowest BCUT2D eigenvalue weighted by Gasteiger charge is -2.26. The van der Waals surface area contributed by atoms with Crippen molar-refractivity contribution in [3.8, 4) is 0 Å². The van der Waals surface area contributed by atoms with Gasteiger partial charge in [0, 0.05) is 28.0 Å². The Morgan fingerprint density at radius 2 is 1.80 bits per heavy atom. The Labute approximate surface area is 148 Å². The van der Waals surface area contributed by atoms with Crippen LogP contribution in [0.2, 0.25) is 5.02 Å². The second kappa shape index (κ2) is 5.10. The molecule has 5 rings (SSSR count). The summed E-state index contributed by atoms with van der Waals surface area (Å²) in [7, 11) is 0. The van der Waals surface area contributed by atoms with Crippen LogP contribution in [-0.4, -0.2) is 27.9 Å². The molecule has 0 bridgehead atoms. The number of rotatable bonds is 1. The van der Waals surface area contributed by atoms with Gasteiger partial charge in [-0.05, 0) is 35.9 Å². The van der Waals surface area contributed by atoms with E-state index in [1.165, 1.54) is 4.90 Å².